The molecule has 0 aromatic heterocycles. The number of anilines is 1. The van der Waals surface area contributed by atoms with E-state index in [-0.39, 0.29) is 21.3 Å². The number of benzene rings is 1. The van der Waals surface area contributed by atoms with Gasteiger partial charge in [0.2, 0.25) is 5.91 Å². The second-order valence-electron chi connectivity index (χ2n) is 5.49. The quantitative estimate of drug-likeness (QED) is 0.445. The number of carbonyl (C=O) groups is 3. The second-order valence-corrected chi connectivity index (χ2v) is 8.71. The fourth-order valence-corrected chi connectivity index (χ4v) is 4.49. The fourth-order valence-electron chi connectivity index (χ4n) is 2.70. The first-order chi connectivity index (χ1) is 12.1. The van der Waals surface area contributed by atoms with Crippen LogP contribution in [-0.4, -0.2) is 52.2 Å². The van der Waals surface area contributed by atoms with Crippen LogP contribution in [0.2, 0.25) is 0 Å². The standard InChI is InChI=1S/C15H12N2O6S3/c1-8(18)17-10-5-3-2-4-9(10)11(13(17)19)12-14(20)16(15(24)25-12)6-7-26(21,22)23/h2-5H,6-7H2,1H3,(H,21,22,23)/b12-11-. The van der Waals surface area contributed by atoms with Crippen molar-refractivity contribution in [2.45, 2.75) is 6.92 Å². The van der Waals surface area contributed by atoms with Gasteiger partial charge in [-0.1, -0.05) is 42.2 Å². The van der Waals surface area contributed by atoms with Crippen LogP contribution >= 0.6 is 24.0 Å². The number of thiocarbonyl (C=S) groups is 1. The van der Waals surface area contributed by atoms with E-state index in [0.717, 1.165) is 21.6 Å². The van der Waals surface area contributed by atoms with Gasteiger partial charge in [-0.2, -0.15) is 8.42 Å². The maximum atomic E-state index is 12.8. The molecule has 3 rings (SSSR count). The Balaban J connectivity index is 2.06. The topological polar surface area (TPSA) is 112 Å². The van der Waals surface area contributed by atoms with Crippen molar-refractivity contribution in [3.05, 3.63) is 34.7 Å². The monoisotopic (exact) mass is 412 g/mol. The van der Waals surface area contributed by atoms with Gasteiger partial charge in [0.25, 0.3) is 21.9 Å². The summed E-state index contributed by atoms with van der Waals surface area (Å²) in [6.45, 7) is 0.918. The Morgan fingerprint density at radius 3 is 2.50 bits per heavy atom. The molecule has 1 aromatic carbocycles. The SMILES string of the molecule is CC(=O)N1C(=O)/C(=C2\SC(=S)N(CCS(=O)(=O)O)C2=O)c2ccccc21. The van der Waals surface area contributed by atoms with Gasteiger partial charge in [-0.25, -0.2) is 4.90 Å². The molecule has 2 aliphatic heterocycles. The zero-order valence-electron chi connectivity index (χ0n) is 13.3. The number of fused-ring (bicyclic) bond motifs is 1. The molecule has 8 nitrogen and oxygen atoms in total. The van der Waals surface area contributed by atoms with E-state index in [2.05, 4.69) is 0 Å². The zero-order valence-corrected chi connectivity index (χ0v) is 15.8. The highest BCUT2D eigenvalue weighted by molar-refractivity contribution is 8.26. The summed E-state index contributed by atoms with van der Waals surface area (Å²) in [6.07, 6.45) is 0. The summed E-state index contributed by atoms with van der Waals surface area (Å²) in [5, 5.41) is 0. The second kappa shape index (κ2) is 6.58. The van der Waals surface area contributed by atoms with Crippen molar-refractivity contribution in [1.82, 2.24) is 4.90 Å². The number of imide groups is 1. The van der Waals surface area contributed by atoms with Crippen LogP contribution in [0.4, 0.5) is 5.69 Å². The van der Waals surface area contributed by atoms with Crippen molar-refractivity contribution in [3.8, 4) is 0 Å². The first-order valence-electron chi connectivity index (χ1n) is 7.29. The number of para-hydroxylation sites is 1. The lowest BCUT2D eigenvalue weighted by Crippen LogP contribution is -2.34. The van der Waals surface area contributed by atoms with Crippen LogP contribution in [0.5, 0.6) is 0 Å². The summed E-state index contributed by atoms with van der Waals surface area (Å²) >= 11 is 5.97. The van der Waals surface area contributed by atoms with Crippen LogP contribution in [0.15, 0.2) is 29.2 Å². The minimum absolute atomic E-state index is 0.0338. The van der Waals surface area contributed by atoms with Crippen molar-refractivity contribution >= 4 is 67.4 Å². The molecule has 11 heteroatoms. The minimum Gasteiger partial charge on any atom is -0.292 e. The Hall–Kier alpha value is -2.08. The highest BCUT2D eigenvalue weighted by atomic mass is 32.2. The van der Waals surface area contributed by atoms with Crippen molar-refractivity contribution in [2.24, 2.45) is 0 Å². The van der Waals surface area contributed by atoms with Gasteiger partial charge < -0.3 is 0 Å². The summed E-state index contributed by atoms with van der Waals surface area (Å²) < 4.78 is 30.8. The summed E-state index contributed by atoms with van der Waals surface area (Å²) in [7, 11) is -4.27. The average Bonchev–Trinajstić information content (AvgIpc) is 2.97. The van der Waals surface area contributed by atoms with Gasteiger partial charge in [-0.15, -0.1) is 0 Å². The molecular weight excluding hydrogens is 400 g/mol. The van der Waals surface area contributed by atoms with Crippen LogP contribution in [-0.2, 0) is 24.5 Å². The minimum atomic E-state index is -4.27. The third-order valence-electron chi connectivity index (χ3n) is 3.80. The van der Waals surface area contributed by atoms with Crippen molar-refractivity contribution < 1.29 is 27.4 Å². The van der Waals surface area contributed by atoms with E-state index in [1.807, 2.05) is 0 Å². The Morgan fingerprint density at radius 1 is 1.23 bits per heavy atom. The molecule has 3 amide bonds. The smallest absolute Gasteiger partial charge is 0.267 e. The molecule has 0 aliphatic carbocycles. The molecule has 1 fully saturated rings. The van der Waals surface area contributed by atoms with Crippen LogP contribution in [0.25, 0.3) is 5.57 Å². The number of nitrogens with zero attached hydrogens (tertiary/aromatic N) is 2. The van der Waals surface area contributed by atoms with Crippen LogP contribution < -0.4 is 4.90 Å². The average molecular weight is 412 g/mol. The Labute approximate surface area is 158 Å². The van der Waals surface area contributed by atoms with Crippen molar-refractivity contribution in [3.63, 3.8) is 0 Å². The lowest BCUT2D eigenvalue weighted by molar-refractivity contribution is -0.124. The lowest BCUT2D eigenvalue weighted by atomic mass is 10.1. The Kier molecular flexibility index (Phi) is 4.73. The molecule has 2 heterocycles. The number of amides is 3. The molecule has 0 bridgehead atoms. The van der Waals surface area contributed by atoms with E-state index >= 15 is 0 Å². The fraction of sp³-hybridized carbons (Fsp3) is 0.200. The van der Waals surface area contributed by atoms with Gasteiger partial charge in [0.15, 0.2) is 0 Å². The Morgan fingerprint density at radius 2 is 1.88 bits per heavy atom. The van der Waals surface area contributed by atoms with E-state index in [4.69, 9.17) is 16.8 Å². The summed E-state index contributed by atoms with van der Waals surface area (Å²) in [5.41, 5.74) is 0.869. The molecule has 1 saturated heterocycles. The van der Waals surface area contributed by atoms with Gasteiger partial charge in [-0.3, -0.25) is 23.8 Å². The molecule has 0 saturated carbocycles. The van der Waals surface area contributed by atoms with Gasteiger partial charge in [-0.05, 0) is 6.07 Å². The molecule has 2 aliphatic rings. The molecular formula is C15H12N2O6S3. The molecule has 26 heavy (non-hydrogen) atoms. The molecule has 136 valence electrons. The van der Waals surface area contributed by atoms with E-state index in [9.17, 15) is 22.8 Å². The summed E-state index contributed by atoms with van der Waals surface area (Å²) in [5.74, 6) is -2.42. The molecule has 0 radical (unpaired) electrons. The summed E-state index contributed by atoms with van der Waals surface area (Å²) in [6, 6.07) is 6.56. The highest BCUT2D eigenvalue weighted by Gasteiger charge is 2.43. The third kappa shape index (κ3) is 3.18. The van der Waals surface area contributed by atoms with Gasteiger partial charge in [0.1, 0.15) is 4.32 Å². The molecule has 1 aromatic rings. The van der Waals surface area contributed by atoms with E-state index < -0.39 is 33.6 Å². The Bertz CT molecular complexity index is 998. The first kappa shape index (κ1) is 18.7. The maximum Gasteiger partial charge on any atom is 0.267 e. The largest absolute Gasteiger partial charge is 0.292 e. The summed E-state index contributed by atoms with van der Waals surface area (Å²) in [4.78, 5) is 39.3. The number of carbonyl (C=O) groups excluding carboxylic acids is 3. The van der Waals surface area contributed by atoms with Crippen LogP contribution in [0.1, 0.15) is 12.5 Å². The van der Waals surface area contributed by atoms with Gasteiger partial charge >= 0.3 is 0 Å². The van der Waals surface area contributed by atoms with E-state index in [1.165, 1.54) is 6.92 Å². The highest BCUT2D eigenvalue weighted by Crippen LogP contribution is 2.44. The number of rotatable bonds is 3. The van der Waals surface area contributed by atoms with E-state index in [1.54, 1.807) is 24.3 Å². The maximum absolute atomic E-state index is 12.8. The molecule has 0 spiro atoms. The zero-order chi connectivity index (χ0) is 19.2. The van der Waals surface area contributed by atoms with Gasteiger partial charge in [0.05, 0.1) is 21.9 Å². The number of thioether (sulfide) groups is 1. The number of hydrogen-bond donors (Lipinski definition) is 1. The van der Waals surface area contributed by atoms with Crippen LogP contribution in [0, 0.1) is 0 Å². The van der Waals surface area contributed by atoms with Crippen molar-refractivity contribution in [2.75, 3.05) is 17.2 Å². The normalized spacial score (nSPS) is 20.2. The van der Waals surface area contributed by atoms with Gasteiger partial charge in [0, 0.05) is 19.0 Å². The number of hydrogen-bond acceptors (Lipinski definition) is 7. The van der Waals surface area contributed by atoms with Crippen LogP contribution in [0.3, 0.4) is 0 Å². The predicted molar refractivity (Wildman–Crippen MR) is 99.8 cm³/mol. The first-order valence-corrected chi connectivity index (χ1v) is 10.1. The van der Waals surface area contributed by atoms with E-state index in [0.29, 0.717) is 11.3 Å². The molecule has 0 atom stereocenters. The predicted octanol–water partition coefficient (Wildman–Crippen LogP) is 1.04. The third-order valence-corrected chi connectivity index (χ3v) is 5.94. The molecule has 0 unspecified atom stereocenters. The van der Waals surface area contributed by atoms with Crippen molar-refractivity contribution in [1.29, 1.82) is 0 Å². The molecule has 1 N–H and O–H groups in total. The lowest BCUT2D eigenvalue weighted by Gasteiger charge is -2.13.